The Morgan fingerprint density at radius 1 is 1.47 bits per heavy atom. The van der Waals surface area contributed by atoms with E-state index in [0.717, 1.165) is 5.56 Å². The Kier molecular flexibility index (Phi) is 4.05. The zero-order chi connectivity index (χ0) is 13.0. The number of nitro benzene ring substituents is 1. The van der Waals surface area contributed by atoms with Crippen LogP contribution in [0.3, 0.4) is 0 Å². The van der Waals surface area contributed by atoms with Gasteiger partial charge in [-0.05, 0) is 31.9 Å². The molecule has 90 valence electrons. The van der Waals surface area contributed by atoms with Gasteiger partial charge in [-0.1, -0.05) is 6.92 Å². The summed E-state index contributed by atoms with van der Waals surface area (Å²) < 4.78 is 5.42. The molecule has 0 saturated heterocycles. The number of hydrogen-bond acceptors (Lipinski definition) is 4. The van der Waals surface area contributed by atoms with Crippen molar-refractivity contribution >= 4 is 5.69 Å². The SMILES string of the molecule is CCC(C#N)Oc1cc([N+](=O)[O-])c(C)cc1C. The van der Waals surface area contributed by atoms with Crippen molar-refractivity contribution in [3.8, 4) is 11.8 Å². The Balaban J connectivity index is 3.12. The summed E-state index contributed by atoms with van der Waals surface area (Å²) in [4.78, 5) is 10.3. The van der Waals surface area contributed by atoms with E-state index in [1.165, 1.54) is 6.07 Å². The van der Waals surface area contributed by atoms with E-state index in [1.807, 2.05) is 13.0 Å². The van der Waals surface area contributed by atoms with Gasteiger partial charge in [0.1, 0.15) is 11.8 Å². The minimum atomic E-state index is -0.573. The fourth-order valence-electron chi connectivity index (χ4n) is 1.50. The number of ether oxygens (including phenoxy) is 1. The number of rotatable bonds is 4. The predicted molar refractivity (Wildman–Crippen MR) is 62.9 cm³/mol. The highest BCUT2D eigenvalue weighted by molar-refractivity contribution is 5.49. The van der Waals surface area contributed by atoms with Gasteiger partial charge in [-0.15, -0.1) is 0 Å². The Hall–Kier alpha value is -2.09. The molecule has 0 N–H and O–H groups in total. The topological polar surface area (TPSA) is 76.2 Å². The molecule has 0 aromatic heterocycles. The third kappa shape index (κ3) is 2.94. The van der Waals surface area contributed by atoms with E-state index in [4.69, 9.17) is 10.00 Å². The second-order valence-electron chi connectivity index (χ2n) is 3.81. The fourth-order valence-corrected chi connectivity index (χ4v) is 1.50. The average molecular weight is 234 g/mol. The highest BCUT2D eigenvalue weighted by atomic mass is 16.6. The predicted octanol–water partition coefficient (Wildman–Crippen LogP) is 2.89. The van der Waals surface area contributed by atoms with Crippen LogP contribution in [-0.2, 0) is 0 Å². The molecule has 5 nitrogen and oxygen atoms in total. The number of nitro groups is 1. The molecule has 1 aromatic carbocycles. The van der Waals surface area contributed by atoms with Crippen molar-refractivity contribution in [3.63, 3.8) is 0 Å². The molecule has 0 fully saturated rings. The van der Waals surface area contributed by atoms with Crippen molar-refractivity contribution in [3.05, 3.63) is 33.4 Å². The van der Waals surface area contributed by atoms with Crippen LogP contribution in [0.1, 0.15) is 24.5 Å². The van der Waals surface area contributed by atoms with Crippen molar-refractivity contribution in [1.82, 2.24) is 0 Å². The van der Waals surface area contributed by atoms with Crippen LogP contribution in [0.2, 0.25) is 0 Å². The highest BCUT2D eigenvalue weighted by Crippen LogP contribution is 2.28. The molecule has 5 heteroatoms. The third-order valence-electron chi connectivity index (χ3n) is 2.47. The van der Waals surface area contributed by atoms with Crippen molar-refractivity contribution < 1.29 is 9.66 Å². The molecule has 0 bridgehead atoms. The Bertz CT molecular complexity index is 477. The molecule has 0 aliphatic carbocycles. The molecular weight excluding hydrogens is 220 g/mol. The Labute approximate surface area is 99.8 Å². The van der Waals surface area contributed by atoms with Crippen LogP contribution in [-0.4, -0.2) is 11.0 Å². The number of benzene rings is 1. The molecule has 1 aromatic rings. The van der Waals surface area contributed by atoms with Crippen LogP contribution < -0.4 is 4.74 Å². The summed E-state index contributed by atoms with van der Waals surface area (Å²) in [6.07, 6.45) is -0.0338. The first-order chi connectivity index (χ1) is 7.99. The summed E-state index contributed by atoms with van der Waals surface area (Å²) in [5.74, 6) is 0.399. The molecule has 0 heterocycles. The van der Waals surface area contributed by atoms with Gasteiger partial charge in [0, 0.05) is 5.56 Å². The molecule has 0 spiro atoms. The number of nitriles is 1. The normalized spacial score (nSPS) is 11.6. The van der Waals surface area contributed by atoms with Gasteiger partial charge in [-0.3, -0.25) is 10.1 Å². The lowest BCUT2D eigenvalue weighted by atomic mass is 10.1. The van der Waals surface area contributed by atoms with Gasteiger partial charge in [-0.25, -0.2) is 0 Å². The zero-order valence-electron chi connectivity index (χ0n) is 10.1. The van der Waals surface area contributed by atoms with E-state index in [1.54, 1.807) is 19.9 Å². The maximum absolute atomic E-state index is 10.8. The van der Waals surface area contributed by atoms with Crippen LogP contribution in [0.4, 0.5) is 5.69 Å². The van der Waals surface area contributed by atoms with Gasteiger partial charge in [0.25, 0.3) is 5.69 Å². The lowest BCUT2D eigenvalue weighted by Crippen LogP contribution is -2.13. The molecule has 0 amide bonds. The van der Waals surface area contributed by atoms with Gasteiger partial charge < -0.3 is 4.74 Å². The minimum Gasteiger partial charge on any atom is -0.475 e. The number of hydrogen-bond donors (Lipinski definition) is 0. The zero-order valence-corrected chi connectivity index (χ0v) is 10.1. The second kappa shape index (κ2) is 5.30. The smallest absolute Gasteiger partial charge is 0.276 e. The Morgan fingerprint density at radius 2 is 2.12 bits per heavy atom. The standard InChI is InChI=1S/C12H14N2O3/c1-4-10(7-13)17-12-6-11(14(15)16)8(2)5-9(12)3/h5-6,10H,4H2,1-3H3. The van der Waals surface area contributed by atoms with Crippen LogP contribution in [0.25, 0.3) is 0 Å². The van der Waals surface area contributed by atoms with Crippen molar-refractivity contribution in [1.29, 1.82) is 5.26 Å². The summed E-state index contributed by atoms with van der Waals surface area (Å²) in [6.45, 7) is 5.30. The maximum Gasteiger partial charge on any atom is 0.276 e. The van der Waals surface area contributed by atoms with E-state index >= 15 is 0 Å². The van der Waals surface area contributed by atoms with E-state index in [-0.39, 0.29) is 5.69 Å². The van der Waals surface area contributed by atoms with Gasteiger partial charge in [0.2, 0.25) is 0 Å². The first-order valence-electron chi connectivity index (χ1n) is 5.31. The molecule has 17 heavy (non-hydrogen) atoms. The summed E-state index contributed by atoms with van der Waals surface area (Å²) in [5, 5.41) is 19.6. The lowest BCUT2D eigenvalue weighted by molar-refractivity contribution is -0.385. The molecular formula is C12H14N2O3. The van der Waals surface area contributed by atoms with Crippen LogP contribution in [0.5, 0.6) is 5.75 Å². The van der Waals surface area contributed by atoms with Gasteiger partial charge in [0.15, 0.2) is 6.10 Å². The number of aryl methyl sites for hydroxylation is 2. The van der Waals surface area contributed by atoms with Gasteiger partial charge in [-0.2, -0.15) is 5.26 Å². The monoisotopic (exact) mass is 234 g/mol. The first kappa shape index (κ1) is 13.0. The van der Waals surface area contributed by atoms with Crippen LogP contribution >= 0.6 is 0 Å². The molecule has 1 atom stereocenters. The van der Waals surface area contributed by atoms with E-state index < -0.39 is 11.0 Å². The van der Waals surface area contributed by atoms with Crippen LogP contribution in [0.15, 0.2) is 12.1 Å². The lowest BCUT2D eigenvalue weighted by Gasteiger charge is -2.13. The highest BCUT2D eigenvalue weighted by Gasteiger charge is 2.16. The summed E-state index contributed by atoms with van der Waals surface area (Å²) in [7, 11) is 0. The largest absolute Gasteiger partial charge is 0.475 e. The second-order valence-corrected chi connectivity index (χ2v) is 3.81. The van der Waals surface area contributed by atoms with Crippen molar-refractivity contribution in [2.45, 2.75) is 33.3 Å². The average Bonchev–Trinajstić information content (AvgIpc) is 2.27. The Morgan fingerprint density at radius 3 is 2.59 bits per heavy atom. The molecule has 1 unspecified atom stereocenters. The summed E-state index contributed by atoms with van der Waals surface area (Å²) >= 11 is 0. The van der Waals surface area contributed by atoms with E-state index in [0.29, 0.717) is 17.7 Å². The van der Waals surface area contributed by atoms with Crippen LogP contribution in [0, 0.1) is 35.3 Å². The van der Waals surface area contributed by atoms with E-state index in [2.05, 4.69) is 0 Å². The quantitative estimate of drug-likeness (QED) is 0.592. The summed E-state index contributed by atoms with van der Waals surface area (Å²) in [5.41, 5.74) is 1.39. The first-order valence-corrected chi connectivity index (χ1v) is 5.31. The minimum absolute atomic E-state index is 0.0124. The molecule has 0 radical (unpaired) electrons. The summed E-state index contributed by atoms with van der Waals surface area (Å²) in [6, 6.07) is 5.07. The molecule has 0 saturated carbocycles. The van der Waals surface area contributed by atoms with Gasteiger partial charge >= 0.3 is 0 Å². The molecule has 0 aliphatic rings. The van der Waals surface area contributed by atoms with Crippen molar-refractivity contribution in [2.24, 2.45) is 0 Å². The molecule has 1 rings (SSSR count). The van der Waals surface area contributed by atoms with Gasteiger partial charge in [0.05, 0.1) is 11.0 Å². The third-order valence-corrected chi connectivity index (χ3v) is 2.47. The molecule has 0 aliphatic heterocycles. The fraction of sp³-hybridized carbons (Fsp3) is 0.417. The van der Waals surface area contributed by atoms with Crippen molar-refractivity contribution in [2.75, 3.05) is 0 Å². The van der Waals surface area contributed by atoms with E-state index in [9.17, 15) is 10.1 Å². The number of nitrogens with zero attached hydrogens (tertiary/aromatic N) is 2. The maximum atomic E-state index is 10.8.